The van der Waals surface area contributed by atoms with Gasteiger partial charge in [-0.15, -0.1) is 11.3 Å². The number of carbonyl (C=O) groups is 2. The summed E-state index contributed by atoms with van der Waals surface area (Å²) in [7, 11) is 2.86. The van der Waals surface area contributed by atoms with Crippen molar-refractivity contribution in [3.05, 3.63) is 76.4 Å². The Balaban J connectivity index is 1.20. The van der Waals surface area contributed by atoms with E-state index in [1.54, 1.807) is 29.8 Å². The SMILES string of the molecule is COC(=O)c1sccc1NC(C(=O)O[C@H]1C[N+]2(Cc3noc(-c4ccccc4)n3)CCC1CC2)c1ccc(OC)nc1. The van der Waals surface area contributed by atoms with Crippen LogP contribution in [0, 0.1) is 5.92 Å². The van der Waals surface area contributed by atoms with E-state index >= 15 is 0 Å². The van der Waals surface area contributed by atoms with Crippen LogP contribution in [0.2, 0.25) is 0 Å². The summed E-state index contributed by atoms with van der Waals surface area (Å²) in [4.78, 5) is 35.5. The molecule has 6 heterocycles. The van der Waals surface area contributed by atoms with E-state index in [0.29, 0.717) is 46.8 Å². The third-order valence-corrected chi connectivity index (χ3v) is 9.04. The van der Waals surface area contributed by atoms with Crippen LogP contribution in [0.3, 0.4) is 0 Å². The largest absolute Gasteiger partial charge is 0.481 e. The molecule has 7 rings (SSSR count). The minimum Gasteiger partial charge on any atom is -0.481 e. The van der Waals surface area contributed by atoms with Gasteiger partial charge in [0, 0.05) is 42.1 Å². The number of esters is 2. The van der Waals surface area contributed by atoms with Crippen LogP contribution < -0.4 is 10.1 Å². The maximum atomic E-state index is 13.8. The number of pyridine rings is 1. The van der Waals surface area contributed by atoms with Crippen molar-refractivity contribution in [2.24, 2.45) is 5.92 Å². The minimum atomic E-state index is -0.893. The molecular weight excluding hydrogens is 558 g/mol. The Bertz CT molecular complexity index is 1530. The molecule has 3 aliphatic heterocycles. The van der Waals surface area contributed by atoms with E-state index in [1.807, 2.05) is 30.3 Å². The van der Waals surface area contributed by atoms with Gasteiger partial charge in [-0.25, -0.2) is 14.6 Å². The number of nitrogens with zero attached hydrogens (tertiary/aromatic N) is 4. The molecule has 2 bridgehead atoms. The average Bonchev–Trinajstić information content (AvgIpc) is 3.70. The molecule has 3 aliphatic rings. The number of carbonyl (C=O) groups excluding carboxylic acids is 2. The molecule has 2 atom stereocenters. The number of piperidine rings is 3. The molecule has 11 nitrogen and oxygen atoms in total. The standard InChI is InChI=1S/C30H31N5O6S/c1-38-25-9-8-21(16-31-25)26(32-22-12-15-42-27(22)30(37)39-2)29(36)40-23-17-35(13-10-19(23)11-14-35)18-24-33-28(41-34-24)20-6-4-3-5-7-20/h3-9,12,15-16,19,23,26H,10-11,13-14,17-18H2,1-2H3/p+1/t19?,23-,26?,35?/m0/s1. The van der Waals surface area contributed by atoms with E-state index in [-0.39, 0.29) is 12.0 Å². The second-order valence-corrected chi connectivity index (χ2v) is 11.6. The van der Waals surface area contributed by atoms with E-state index in [1.165, 1.54) is 25.6 Å². The van der Waals surface area contributed by atoms with Crippen molar-refractivity contribution in [1.29, 1.82) is 0 Å². The fourth-order valence-electron chi connectivity index (χ4n) is 5.90. The summed E-state index contributed by atoms with van der Waals surface area (Å²) in [6, 6.07) is 14.0. The van der Waals surface area contributed by atoms with Gasteiger partial charge in [0.05, 0.1) is 33.0 Å². The zero-order valence-corrected chi connectivity index (χ0v) is 24.2. The maximum absolute atomic E-state index is 13.8. The normalized spacial score (nSPS) is 21.9. The summed E-state index contributed by atoms with van der Waals surface area (Å²) in [5.41, 5.74) is 1.97. The lowest BCUT2D eigenvalue weighted by Gasteiger charge is -2.51. The predicted molar refractivity (Wildman–Crippen MR) is 154 cm³/mol. The first-order valence-corrected chi connectivity index (χ1v) is 14.7. The number of aromatic nitrogens is 3. The van der Waals surface area contributed by atoms with Crippen molar-refractivity contribution in [2.75, 3.05) is 39.2 Å². The Kier molecular flexibility index (Phi) is 7.90. The fourth-order valence-corrected chi connectivity index (χ4v) is 6.67. The lowest BCUT2D eigenvalue weighted by molar-refractivity contribution is -0.958. The van der Waals surface area contributed by atoms with Crippen molar-refractivity contribution < 1.29 is 32.8 Å². The van der Waals surface area contributed by atoms with Crippen molar-refractivity contribution in [2.45, 2.75) is 31.5 Å². The highest BCUT2D eigenvalue weighted by atomic mass is 32.1. The third kappa shape index (κ3) is 5.72. The molecule has 3 fully saturated rings. The van der Waals surface area contributed by atoms with Gasteiger partial charge < -0.3 is 28.5 Å². The highest BCUT2D eigenvalue weighted by Crippen LogP contribution is 2.38. The van der Waals surface area contributed by atoms with Gasteiger partial charge in [-0.1, -0.05) is 23.4 Å². The second kappa shape index (κ2) is 11.9. The van der Waals surface area contributed by atoms with Crippen LogP contribution in [0.5, 0.6) is 5.88 Å². The lowest BCUT2D eigenvalue weighted by Crippen LogP contribution is -2.64. The zero-order valence-electron chi connectivity index (χ0n) is 23.4. The van der Waals surface area contributed by atoms with Crippen molar-refractivity contribution in [3.63, 3.8) is 0 Å². The molecule has 12 heteroatoms. The first-order valence-electron chi connectivity index (χ1n) is 13.8. The molecule has 1 unspecified atom stereocenters. The van der Waals surface area contributed by atoms with Gasteiger partial charge in [0.15, 0.2) is 12.1 Å². The maximum Gasteiger partial charge on any atom is 0.350 e. The summed E-state index contributed by atoms with van der Waals surface area (Å²) in [5.74, 6) is 0.939. The number of benzene rings is 1. The molecular formula is C30H32N5O6S+. The van der Waals surface area contributed by atoms with Gasteiger partial charge in [0.1, 0.15) is 18.0 Å². The highest BCUT2D eigenvalue weighted by Gasteiger charge is 2.49. The summed E-state index contributed by atoms with van der Waals surface area (Å²) >= 11 is 1.24. The van der Waals surface area contributed by atoms with Crippen LogP contribution in [0.25, 0.3) is 11.5 Å². The molecule has 0 amide bonds. The average molecular weight is 591 g/mol. The summed E-state index contributed by atoms with van der Waals surface area (Å²) in [6.07, 6.45) is 3.20. The molecule has 0 aliphatic carbocycles. The highest BCUT2D eigenvalue weighted by molar-refractivity contribution is 7.12. The third-order valence-electron chi connectivity index (χ3n) is 8.15. The number of anilines is 1. The molecule has 0 saturated carbocycles. The van der Waals surface area contributed by atoms with Crippen molar-refractivity contribution in [3.8, 4) is 17.3 Å². The molecule has 1 aromatic carbocycles. The lowest BCUT2D eigenvalue weighted by atomic mass is 9.83. The van der Waals surface area contributed by atoms with E-state index in [4.69, 9.17) is 18.7 Å². The first-order chi connectivity index (χ1) is 20.5. The molecule has 1 N–H and O–H groups in total. The van der Waals surface area contributed by atoms with E-state index in [0.717, 1.165) is 36.0 Å². The minimum absolute atomic E-state index is 0.265. The van der Waals surface area contributed by atoms with E-state index < -0.39 is 18.0 Å². The van der Waals surface area contributed by atoms with Crippen LogP contribution in [0.4, 0.5) is 5.69 Å². The van der Waals surface area contributed by atoms with Gasteiger partial charge >= 0.3 is 11.9 Å². The molecule has 42 heavy (non-hydrogen) atoms. The molecule has 3 aromatic heterocycles. The summed E-state index contributed by atoms with van der Waals surface area (Å²) < 4.78 is 22.7. The van der Waals surface area contributed by atoms with Crippen LogP contribution in [-0.4, -0.2) is 71.5 Å². The van der Waals surface area contributed by atoms with Gasteiger partial charge in [0.25, 0.3) is 5.89 Å². The number of fused-ring (bicyclic) bond motifs is 3. The number of hydrogen-bond donors (Lipinski definition) is 1. The number of hydrogen-bond acceptors (Lipinski definition) is 11. The van der Waals surface area contributed by atoms with Gasteiger partial charge in [-0.05, 0) is 29.6 Å². The molecule has 4 aromatic rings. The molecule has 3 saturated heterocycles. The van der Waals surface area contributed by atoms with Crippen molar-refractivity contribution in [1.82, 2.24) is 15.1 Å². The van der Waals surface area contributed by atoms with Crippen LogP contribution in [0.1, 0.15) is 39.9 Å². The Morgan fingerprint density at radius 3 is 2.64 bits per heavy atom. The first kappa shape index (κ1) is 27.9. The zero-order chi connectivity index (χ0) is 29.1. The number of thiophene rings is 1. The van der Waals surface area contributed by atoms with Crippen LogP contribution >= 0.6 is 11.3 Å². The molecule has 0 spiro atoms. The Morgan fingerprint density at radius 1 is 1.12 bits per heavy atom. The predicted octanol–water partition coefficient (Wildman–Crippen LogP) is 4.49. The smallest absolute Gasteiger partial charge is 0.350 e. The Morgan fingerprint density at radius 2 is 1.93 bits per heavy atom. The second-order valence-electron chi connectivity index (χ2n) is 10.7. The van der Waals surface area contributed by atoms with E-state index in [2.05, 4.69) is 20.4 Å². The van der Waals surface area contributed by atoms with Crippen molar-refractivity contribution >= 4 is 29.0 Å². The monoisotopic (exact) mass is 590 g/mol. The van der Waals surface area contributed by atoms with E-state index in [9.17, 15) is 9.59 Å². The van der Waals surface area contributed by atoms with Crippen LogP contribution in [0.15, 0.2) is 64.6 Å². The number of nitrogens with one attached hydrogen (secondary N) is 1. The Hall–Kier alpha value is -4.29. The number of quaternary nitrogens is 1. The van der Waals surface area contributed by atoms with Gasteiger partial charge in [-0.3, -0.25) is 0 Å². The number of ether oxygens (including phenoxy) is 3. The quantitative estimate of drug-likeness (QED) is 0.209. The fraction of sp³-hybridized carbons (Fsp3) is 0.367. The van der Waals surface area contributed by atoms with Gasteiger partial charge in [0.2, 0.25) is 11.7 Å². The molecule has 0 radical (unpaired) electrons. The number of rotatable bonds is 10. The van der Waals surface area contributed by atoms with Crippen LogP contribution in [-0.2, 0) is 20.8 Å². The topological polar surface area (TPSA) is 126 Å². The molecule has 218 valence electrons. The summed E-state index contributed by atoms with van der Waals surface area (Å²) in [6.45, 7) is 3.22. The Labute approximate surface area is 247 Å². The number of methoxy groups -OCH3 is 2. The summed E-state index contributed by atoms with van der Waals surface area (Å²) in [5, 5.41) is 9.25. The van der Waals surface area contributed by atoms with Gasteiger partial charge in [-0.2, -0.15) is 4.98 Å².